The Balaban J connectivity index is 1.34. The van der Waals surface area contributed by atoms with E-state index in [1.807, 2.05) is 47.3 Å². The van der Waals surface area contributed by atoms with Crippen molar-refractivity contribution in [1.29, 1.82) is 0 Å². The molecule has 7 heteroatoms. The summed E-state index contributed by atoms with van der Waals surface area (Å²) in [6.45, 7) is 5.79. The van der Waals surface area contributed by atoms with Crippen LogP contribution in [-0.2, 0) is 4.79 Å². The second-order valence-electron chi connectivity index (χ2n) is 7.01. The number of carbonyl (C=O) groups is 1. The highest BCUT2D eigenvalue weighted by atomic mass is 32.1. The number of amides is 1. The zero-order valence-corrected chi connectivity index (χ0v) is 16.4. The van der Waals surface area contributed by atoms with E-state index in [1.165, 1.54) is 11.1 Å². The van der Waals surface area contributed by atoms with Gasteiger partial charge in [-0.1, -0.05) is 17.4 Å². The van der Waals surface area contributed by atoms with Crippen molar-refractivity contribution in [2.45, 2.75) is 26.7 Å². The SMILES string of the molecule is Cc1ccc(NC(=O)C2CCN(c3nnc(-n4cccc4)s3)CC2)cc1C. The number of anilines is 2. The van der Waals surface area contributed by atoms with Crippen molar-refractivity contribution in [1.82, 2.24) is 14.8 Å². The van der Waals surface area contributed by atoms with Gasteiger partial charge in [0.15, 0.2) is 0 Å². The lowest BCUT2D eigenvalue weighted by Crippen LogP contribution is -2.38. The first-order valence-electron chi connectivity index (χ1n) is 9.20. The molecule has 0 radical (unpaired) electrons. The molecule has 1 aliphatic heterocycles. The summed E-state index contributed by atoms with van der Waals surface area (Å²) in [5.41, 5.74) is 3.31. The minimum atomic E-state index is 0.0414. The highest BCUT2D eigenvalue weighted by Gasteiger charge is 2.27. The molecule has 1 fully saturated rings. The lowest BCUT2D eigenvalue weighted by Gasteiger charge is -2.30. The Morgan fingerprint density at radius 2 is 1.78 bits per heavy atom. The molecular weight excluding hydrogens is 358 g/mol. The number of carbonyl (C=O) groups excluding carboxylic acids is 1. The fourth-order valence-corrected chi connectivity index (χ4v) is 4.16. The van der Waals surface area contributed by atoms with Crippen molar-refractivity contribution in [3.05, 3.63) is 53.9 Å². The van der Waals surface area contributed by atoms with Gasteiger partial charge in [0.2, 0.25) is 16.2 Å². The zero-order valence-electron chi connectivity index (χ0n) is 15.6. The van der Waals surface area contributed by atoms with E-state index < -0.39 is 0 Å². The maximum Gasteiger partial charge on any atom is 0.227 e. The first-order chi connectivity index (χ1) is 13.1. The third-order valence-corrected chi connectivity index (χ3v) is 6.14. The molecule has 140 valence electrons. The van der Waals surface area contributed by atoms with Crippen molar-refractivity contribution in [2.75, 3.05) is 23.3 Å². The number of piperidine rings is 1. The molecule has 27 heavy (non-hydrogen) atoms. The third kappa shape index (κ3) is 3.88. The molecule has 0 atom stereocenters. The van der Waals surface area contributed by atoms with E-state index >= 15 is 0 Å². The number of rotatable bonds is 4. The Hall–Kier alpha value is -2.67. The molecule has 1 aliphatic rings. The third-order valence-electron chi connectivity index (χ3n) is 5.14. The molecule has 1 saturated heterocycles. The van der Waals surface area contributed by atoms with E-state index in [0.717, 1.165) is 41.9 Å². The van der Waals surface area contributed by atoms with Crippen LogP contribution in [0.1, 0.15) is 24.0 Å². The smallest absolute Gasteiger partial charge is 0.227 e. The highest BCUT2D eigenvalue weighted by Crippen LogP contribution is 2.28. The molecule has 0 unspecified atom stereocenters. The standard InChI is InChI=1S/C20H23N5OS/c1-14-5-6-17(13-15(14)2)21-18(26)16-7-11-25(12-8-16)20-23-22-19(27-20)24-9-3-4-10-24/h3-6,9-10,13,16H,7-8,11-12H2,1-2H3,(H,21,26). The van der Waals surface area contributed by atoms with Gasteiger partial charge in [-0.2, -0.15) is 0 Å². The minimum Gasteiger partial charge on any atom is -0.347 e. The predicted octanol–water partition coefficient (Wildman–Crippen LogP) is 3.80. The summed E-state index contributed by atoms with van der Waals surface area (Å²) >= 11 is 1.58. The average Bonchev–Trinajstić information content (AvgIpc) is 3.36. The summed E-state index contributed by atoms with van der Waals surface area (Å²) in [7, 11) is 0. The number of benzene rings is 1. The van der Waals surface area contributed by atoms with Gasteiger partial charge in [-0.05, 0) is 62.1 Å². The van der Waals surface area contributed by atoms with Gasteiger partial charge in [-0.3, -0.25) is 9.36 Å². The van der Waals surface area contributed by atoms with Crippen LogP contribution < -0.4 is 10.2 Å². The van der Waals surface area contributed by atoms with Gasteiger partial charge < -0.3 is 10.2 Å². The van der Waals surface area contributed by atoms with E-state index in [-0.39, 0.29) is 11.8 Å². The van der Waals surface area contributed by atoms with E-state index in [0.29, 0.717) is 0 Å². The molecule has 3 heterocycles. The fourth-order valence-electron chi connectivity index (χ4n) is 3.30. The van der Waals surface area contributed by atoms with E-state index in [2.05, 4.69) is 34.3 Å². The van der Waals surface area contributed by atoms with Crippen LogP contribution >= 0.6 is 11.3 Å². The lowest BCUT2D eigenvalue weighted by molar-refractivity contribution is -0.120. The molecular formula is C20H23N5OS. The second-order valence-corrected chi connectivity index (χ2v) is 7.94. The van der Waals surface area contributed by atoms with E-state index in [1.54, 1.807) is 11.3 Å². The van der Waals surface area contributed by atoms with Crippen molar-refractivity contribution in [3.63, 3.8) is 0 Å². The van der Waals surface area contributed by atoms with Crippen LogP contribution in [0, 0.1) is 19.8 Å². The van der Waals surface area contributed by atoms with Crippen LogP contribution in [0.5, 0.6) is 0 Å². The first kappa shape index (κ1) is 17.7. The van der Waals surface area contributed by atoms with Gasteiger partial charge >= 0.3 is 0 Å². The molecule has 0 spiro atoms. The lowest BCUT2D eigenvalue weighted by atomic mass is 9.96. The van der Waals surface area contributed by atoms with Crippen LogP contribution in [0.4, 0.5) is 10.8 Å². The number of nitrogens with one attached hydrogen (secondary N) is 1. The van der Waals surface area contributed by atoms with Gasteiger partial charge in [0.05, 0.1) is 0 Å². The molecule has 1 aromatic carbocycles. The minimum absolute atomic E-state index is 0.0414. The Bertz CT molecular complexity index is 926. The number of aromatic nitrogens is 3. The zero-order chi connectivity index (χ0) is 18.8. The van der Waals surface area contributed by atoms with E-state index in [4.69, 9.17) is 0 Å². The fraction of sp³-hybridized carbons (Fsp3) is 0.350. The highest BCUT2D eigenvalue weighted by molar-refractivity contribution is 7.17. The maximum atomic E-state index is 12.6. The summed E-state index contributed by atoms with van der Waals surface area (Å²) in [5.74, 6) is 0.155. The number of hydrogen-bond donors (Lipinski definition) is 1. The molecule has 2 aromatic heterocycles. The number of aryl methyl sites for hydroxylation is 2. The molecule has 0 saturated carbocycles. The molecule has 0 aliphatic carbocycles. The van der Waals surface area contributed by atoms with Gasteiger partial charge in [0.1, 0.15) is 0 Å². The van der Waals surface area contributed by atoms with Gasteiger partial charge in [-0.25, -0.2) is 0 Å². The Morgan fingerprint density at radius 3 is 2.48 bits per heavy atom. The summed E-state index contributed by atoms with van der Waals surface area (Å²) in [4.78, 5) is 14.8. The molecule has 4 rings (SSSR count). The topological polar surface area (TPSA) is 63.1 Å². The van der Waals surface area contributed by atoms with Crippen LogP contribution in [0.25, 0.3) is 5.13 Å². The van der Waals surface area contributed by atoms with Gasteiger partial charge in [-0.15, -0.1) is 10.2 Å². The van der Waals surface area contributed by atoms with Crippen LogP contribution in [0.2, 0.25) is 0 Å². The first-order valence-corrected chi connectivity index (χ1v) is 10.0. The molecule has 1 amide bonds. The summed E-state index contributed by atoms with van der Waals surface area (Å²) in [6.07, 6.45) is 5.59. The predicted molar refractivity (Wildman–Crippen MR) is 109 cm³/mol. The molecule has 3 aromatic rings. The Labute approximate surface area is 162 Å². The normalized spacial score (nSPS) is 15.1. The van der Waals surface area contributed by atoms with Crippen LogP contribution in [-0.4, -0.2) is 33.8 Å². The maximum absolute atomic E-state index is 12.6. The molecule has 6 nitrogen and oxygen atoms in total. The Kier molecular flexibility index (Phi) is 4.94. The summed E-state index contributed by atoms with van der Waals surface area (Å²) in [6, 6.07) is 10.00. The van der Waals surface area contributed by atoms with E-state index in [9.17, 15) is 4.79 Å². The van der Waals surface area contributed by atoms with Gasteiger partial charge in [0, 0.05) is 37.1 Å². The van der Waals surface area contributed by atoms with Crippen LogP contribution in [0.15, 0.2) is 42.7 Å². The van der Waals surface area contributed by atoms with Crippen molar-refractivity contribution in [2.24, 2.45) is 5.92 Å². The van der Waals surface area contributed by atoms with Crippen LogP contribution in [0.3, 0.4) is 0 Å². The van der Waals surface area contributed by atoms with Crippen molar-refractivity contribution in [3.8, 4) is 5.13 Å². The quantitative estimate of drug-likeness (QED) is 0.747. The average molecular weight is 382 g/mol. The largest absolute Gasteiger partial charge is 0.347 e. The summed E-state index contributed by atoms with van der Waals surface area (Å²) < 4.78 is 1.96. The number of hydrogen-bond acceptors (Lipinski definition) is 5. The van der Waals surface area contributed by atoms with Crippen molar-refractivity contribution < 1.29 is 4.79 Å². The molecule has 0 bridgehead atoms. The number of nitrogens with zero attached hydrogens (tertiary/aromatic N) is 4. The van der Waals surface area contributed by atoms with Crippen molar-refractivity contribution >= 4 is 28.1 Å². The summed E-state index contributed by atoms with van der Waals surface area (Å²) in [5, 5.41) is 13.5. The second kappa shape index (κ2) is 7.52. The molecule has 1 N–H and O–H groups in total. The monoisotopic (exact) mass is 381 g/mol. The Morgan fingerprint density at radius 1 is 1.07 bits per heavy atom. The van der Waals surface area contributed by atoms with Gasteiger partial charge in [0.25, 0.3) is 0 Å².